The summed E-state index contributed by atoms with van der Waals surface area (Å²) in [4.78, 5) is 22.5. The predicted octanol–water partition coefficient (Wildman–Crippen LogP) is 1.30. The number of carbonyl (C=O) groups is 2. The van der Waals surface area contributed by atoms with Crippen LogP contribution >= 0.6 is 15.9 Å². The fraction of sp³-hybridized carbons (Fsp3) is 0.182. The Morgan fingerprint density at radius 3 is 2.28 bits per heavy atom. The smallest absolute Gasteiger partial charge is 0.323 e. The summed E-state index contributed by atoms with van der Waals surface area (Å²) in [7, 11) is 0. The van der Waals surface area contributed by atoms with Gasteiger partial charge in [0.05, 0.1) is 11.3 Å². The third kappa shape index (κ3) is 3.75. The molecule has 1 aromatic carbocycles. The molecule has 0 spiro atoms. The summed E-state index contributed by atoms with van der Waals surface area (Å²) in [5, 5.41) is 26.5. The Labute approximate surface area is 111 Å². The molecule has 0 saturated carbocycles. The van der Waals surface area contributed by atoms with E-state index in [1.54, 1.807) is 6.07 Å². The van der Waals surface area contributed by atoms with Crippen molar-refractivity contribution < 1.29 is 19.8 Å². The first kappa shape index (κ1) is 14.0. The monoisotopic (exact) mass is 312 g/mol. The van der Waals surface area contributed by atoms with Gasteiger partial charge >= 0.3 is 11.9 Å². The molecule has 2 N–H and O–H groups in total. The normalized spacial score (nSPS) is 9.56. The zero-order valence-electron chi connectivity index (χ0n) is 9.13. The summed E-state index contributed by atoms with van der Waals surface area (Å²) in [6.07, 6.45) is 0. The number of hydrogen-bond acceptors (Lipinski definition) is 4. The van der Waals surface area contributed by atoms with Crippen LogP contribution in [0, 0.1) is 11.3 Å². The molecule has 0 fully saturated rings. The molecule has 94 valence electrons. The molecule has 0 radical (unpaired) electrons. The van der Waals surface area contributed by atoms with Crippen molar-refractivity contribution >= 4 is 33.6 Å². The van der Waals surface area contributed by atoms with Gasteiger partial charge in [-0.3, -0.25) is 9.59 Å². The highest BCUT2D eigenvalue weighted by atomic mass is 79.9. The predicted molar refractivity (Wildman–Crippen MR) is 66.3 cm³/mol. The van der Waals surface area contributed by atoms with Crippen molar-refractivity contribution in [2.24, 2.45) is 0 Å². The minimum absolute atomic E-state index is 0.215. The summed E-state index contributed by atoms with van der Waals surface area (Å²) in [6, 6.07) is 6.54. The molecule has 0 atom stereocenters. The Bertz CT molecular complexity index is 508. The molecule has 0 saturated heterocycles. The van der Waals surface area contributed by atoms with Crippen LogP contribution in [0.25, 0.3) is 0 Å². The topological polar surface area (TPSA) is 102 Å². The third-order valence-electron chi connectivity index (χ3n) is 2.07. The van der Waals surface area contributed by atoms with E-state index in [9.17, 15) is 9.59 Å². The van der Waals surface area contributed by atoms with Crippen LogP contribution in [-0.4, -0.2) is 35.2 Å². The standard InChI is InChI=1S/C11H9BrN2O4/c12-8-1-2-9(7(3-8)4-13)14(5-10(15)16)6-11(17)18/h1-3H,5-6H2,(H,15,16)(H,17,18). The molecule has 1 rings (SSSR count). The first-order valence-corrected chi connectivity index (χ1v) is 5.61. The van der Waals surface area contributed by atoms with Gasteiger partial charge < -0.3 is 15.1 Å². The lowest BCUT2D eigenvalue weighted by molar-refractivity contribution is -0.136. The number of nitrogens with zero attached hydrogens (tertiary/aromatic N) is 2. The highest BCUT2D eigenvalue weighted by Gasteiger charge is 2.17. The van der Waals surface area contributed by atoms with Crippen molar-refractivity contribution in [3.8, 4) is 6.07 Å². The van der Waals surface area contributed by atoms with E-state index >= 15 is 0 Å². The maximum absolute atomic E-state index is 10.7. The highest BCUT2D eigenvalue weighted by molar-refractivity contribution is 9.10. The van der Waals surface area contributed by atoms with E-state index in [2.05, 4.69) is 15.9 Å². The minimum atomic E-state index is -1.16. The fourth-order valence-corrected chi connectivity index (χ4v) is 1.79. The Kier molecular flexibility index (Phi) is 4.68. The second-order valence-corrected chi connectivity index (χ2v) is 4.33. The Morgan fingerprint density at radius 1 is 1.28 bits per heavy atom. The van der Waals surface area contributed by atoms with Crippen LogP contribution in [-0.2, 0) is 9.59 Å². The van der Waals surface area contributed by atoms with E-state index in [0.29, 0.717) is 4.47 Å². The van der Waals surface area contributed by atoms with Gasteiger partial charge in [-0.2, -0.15) is 5.26 Å². The number of anilines is 1. The van der Waals surface area contributed by atoms with Gasteiger partial charge in [0.2, 0.25) is 0 Å². The number of rotatable bonds is 5. The molecule has 18 heavy (non-hydrogen) atoms. The van der Waals surface area contributed by atoms with Crippen molar-refractivity contribution in [3.63, 3.8) is 0 Å². The molecule has 0 unspecified atom stereocenters. The Hall–Kier alpha value is -2.07. The summed E-state index contributed by atoms with van der Waals surface area (Å²) in [6.45, 7) is -0.967. The summed E-state index contributed by atoms with van der Waals surface area (Å²) in [5.74, 6) is -2.33. The quantitative estimate of drug-likeness (QED) is 0.849. The lowest BCUT2D eigenvalue weighted by Crippen LogP contribution is -2.34. The fourth-order valence-electron chi connectivity index (χ4n) is 1.43. The first-order chi connectivity index (χ1) is 8.43. The lowest BCUT2D eigenvalue weighted by atomic mass is 10.1. The van der Waals surface area contributed by atoms with E-state index < -0.39 is 25.0 Å². The maximum Gasteiger partial charge on any atom is 0.323 e. The van der Waals surface area contributed by atoms with Crippen LogP contribution in [0.4, 0.5) is 5.69 Å². The van der Waals surface area contributed by atoms with Gasteiger partial charge in [0, 0.05) is 4.47 Å². The van der Waals surface area contributed by atoms with Crippen LogP contribution in [0.5, 0.6) is 0 Å². The number of hydrogen-bond donors (Lipinski definition) is 2. The molecule has 7 heteroatoms. The molecule has 0 aliphatic heterocycles. The van der Waals surface area contributed by atoms with Crippen LogP contribution in [0.2, 0.25) is 0 Å². The number of halogens is 1. The number of nitriles is 1. The summed E-state index contributed by atoms with van der Waals surface area (Å²) in [5.41, 5.74) is 0.498. The summed E-state index contributed by atoms with van der Waals surface area (Å²) < 4.78 is 0.661. The van der Waals surface area contributed by atoms with Crippen LogP contribution in [0.1, 0.15) is 5.56 Å². The SMILES string of the molecule is N#Cc1cc(Br)ccc1N(CC(=O)O)CC(=O)O. The number of aliphatic carboxylic acids is 2. The van der Waals surface area contributed by atoms with Gasteiger partial charge in [-0.1, -0.05) is 15.9 Å². The van der Waals surface area contributed by atoms with Gasteiger partial charge in [0.25, 0.3) is 0 Å². The van der Waals surface area contributed by atoms with Crippen LogP contribution < -0.4 is 4.90 Å². The molecule has 1 aromatic rings. The van der Waals surface area contributed by atoms with Crippen molar-refractivity contribution in [2.75, 3.05) is 18.0 Å². The number of benzene rings is 1. The maximum atomic E-state index is 10.7. The largest absolute Gasteiger partial charge is 0.480 e. The highest BCUT2D eigenvalue weighted by Crippen LogP contribution is 2.23. The number of carboxylic acids is 2. The van der Waals surface area contributed by atoms with E-state index in [4.69, 9.17) is 15.5 Å². The minimum Gasteiger partial charge on any atom is -0.480 e. The molecule has 0 amide bonds. The molecule has 0 aliphatic rings. The Balaban J connectivity index is 3.15. The average molecular weight is 313 g/mol. The van der Waals surface area contributed by atoms with Crippen molar-refractivity contribution in [2.45, 2.75) is 0 Å². The van der Waals surface area contributed by atoms with E-state index in [-0.39, 0.29) is 11.3 Å². The van der Waals surface area contributed by atoms with Crippen LogP contribution in [0.15, 0.2) is 22.7 Å². The van der Waals surface area contributed by atoms with E-state index in [0.717, 1.165) is 4.90 Å². The van der Waals surface area contributed by atoms with Gasteiger partial charge in [0.15, 0.2) is 0 Å². The van der Waals surface area contributed by atoms with Gasteiger partial charge in [-0.15, -0.1) is 0 Å². The summed E-state index contributed by atoms with van der Waals surface area (Å²) >= 11 is 3.19. The molecule has 6 nitrogen and oxygen atoms in total. The van der Waals surface area contributed by atoms with Crippen LogP contribution in [0.3, 0.4) is 0 Å². The van der Waals surface area contributed by atoms with E-state index in [1.165, 1.54) is 12.1 Å². The van der Waals surface area contributed by atoms with Gasteiger partial charge in [0.1, 0.15) is 19.2 Å². The van der Waals surface area contributed by atoms with Crippen molar-refractivity contribution in [1.29, 1.82) is 5.26 Å². The Morgan fingerprint density at radius 2 is 1.83 bits per heavy atom. The molecule has 0 aromatic heterocycles. The average Bonchev–Trinajstić information content (AvgIpc) is 2.26. The van der Waals surface area contributed by atoms with Gasteiger partial charge in [-0.25, -0.2) is 0 Å². The van der Waals surface area contributed by atoms with Gasteiger partial charge in [-0.05, 0) is 18.2 Å². The molecule has 0 bridgehead atoms. The second-order valence-electron chi connectivity index (χ2n) is 3.42. The number of carboxylic acid groups (broad SMARTS) is 2. The third-order valence-corrected chi connectivity index (χ3v) is 2.57. The molecular weight excluding hydrogens is 304 g/mol. The zero-order chi connectivity index (χ0) is 13.7. The van der Waals surface area contributed by atoms with E-state index in [1.807, 2.05) is 6.07 Å². The van der Waals surface area contributed by atoms with Crippen molar-refractivity contribution in [1.82, 2.24) is 0 Å². The molecule has 0 aliphatic carbocycles. The first-order valence-electron chi connectivity index (χ1n) is 4.82. The lowest BCUT2D eigenvalue weighted by Gasteiger charge is -2.21. The zero-order valence-corrected chi connectivity index (χ0v) is 10.7. The van der Waals surface area contributed by atoms with Crippen molar-refractivity contribution in [3.05, 3.63) is 28.2 Å². The molecular formula is C11H9BrN2O4. The molecule has 0 heterocycles. The second kappa shape index (κ2) is 6.02.